The van der Waals surface area contributed by atoms with Crippen LogP contribution < -0.4 is 9.62 Å². The van der Waals surface area contributed by atoms with Crippen LogP contribution in [0.15, 0.2) is 84.9 Å². The fourth-order valence-corrected chi connectivity index (χ4v) is 4.82. The maximum Gasteiger partial charge on any atom is 0.244 e. The van der Waals surface area contributed by atoms with Crippen LogP contribution in [0.2, 0.25) is 0 Å². The molecule has 0 radical (unpaired) electrons. The van der Waals surface area contributed by atoms with Crippen LogP contribution in [0.1, 0.15) is 25.0 Å². The van der Waals surface area contributed by atoms with Gasteiger partial charge in [-0.3, -0.25) is 13.9 Å². The normalized spacial score (nSPS) is 12.1. The second-order valence-electron chi connectivity index (χ2n) is 9.60. The van der Waals surface area contributed by atoms with Crippen molar-refractivity contribution in [2.75, 3.05) is 23.7 Å². The smallest absolute Gasteiger partial charge is 0.244 e. The van der Waals surface area contributed by atoms with E-state index in [0.29, 0.717) is 17.8 Å². The van der Waals surface area contributed by atoms with Gasteiger partial charge in [0.2, 0.25) is 21.8 Å². The van der Waals surface area contributed by atoms with E-state index in [1.54, 1.807) is 42.5 Å². The summed E-state index contributed by atoms with van der Waals surface area (Å²) < 4.78 is 40.0. The summed E-state index contributed by atoms with van der Waals surface area (Å²) in [6.07, 6.45) is 1.26. The third-order valence-electron chi connectivity index (χ3n) is 5.95. The van der Waals surface area contributed by atoms with Crippen molar-refractivity contribution in [1.82, 2.24) is 10.2 Å². The van der Waals surface area contributed by atoms with Crippen molar-refractivity contribution in [1.29, 1.82) is 0 Å². The molecule has 2 amide bonds. The number of carbonyl (C=O) groups excluding carboxylic acids is 2. The number of hydrogen-bond donors (Lipinski definition) is 1. The van der Waals surface area contributed by atoms with Crippen molar-refractivity contribution in [3.63, 3.8) is 0 Å². The molecule has 9 heteroatoms. The van der Waals surface area contributed by atoms with Crippen molar-refractivity contribution < 1.29 is 22.4 Å². The summed E-state index contributed by atoms with van der Waals surface area (Å²) in [7, 11) is -3.82. The van der Waals surface area contributed by atoms with Crippen LogP contribution in [-0.2, 0) is 32.6 Å². The Balaban J connectivity index is 2.02. The topological polar surface area (TPSA) is 86.8 Å². The van der Waals surface area contributed by atoms with E-state index >= 15 is 0 Å². The predicted octanol–water partition coefficient (Wildman–Crippen LogP) is 4.00. The van der Waals surface area contributed by atoms with Gasteiger partial charge in [-0.15, -0.1) is 0 Å². The second-order valence-corrected chi connectivity index (χ2v) is 11.5. The monoisotopic (exact) mass is 539 g/mol. The maximum absolute atomic E-state index is 13.9. The summed E-state index contributed by atoms with van der Waals surface area (Å²) in [5.41, 5.74) is 1.80. The quantitative estimate of drug-likeness (QED) is 0.377. The van der Waals surface area contributed by atoms with Gasteiger partial charge in [-0.05, 0) is 41.3 Å². The van der Waals surface area contributed by atoms with Crippen molar-refractivity contribution in [2.45, 2.75) is 32.9 Å². The average Bonchev–Trinajstić information content (AvgIpc) is 2.89. The van der Waals surface area contributed by atoms with Crippen LogP contribution in [0.4, 0.5) is 10.1 Å². The highest BCUT2D eigenvalue weighted by Gasteiger charge is 2.33. The molecule has 0 saturated carbocycles. The molecule has 7 nitrogen and oxygen atoms in total. The first-order valence-electron chi connectivity index (χ1n) is 12.4. The Labute approximate surface area is 224 Å². The van der Waals surface area contributed by atoms with E-state index in [4.69, 9.17) is 0 Å². The molecule has 0 aliphatic carbocycles. The lowest BCUT2D eigenvalue weighted by Gasteiger charge is -2.33. The highest BCUT2D eigenvalue weighted by molar-refractivity contribution is 7.92. The molecule has 3 rings (SSSR count). The fourth-order valence-electron chi connectivity index (χ4n) is 3.97. The minimum atomic E-state index is -3.82. The number of amides is 2. The molecule has 0 fully saturated rings. The average molecular weight is 540 g/mol. The first kappa shape index (κ1) is 28.8. The highest BCUT2D eigenvalue weighted by Crippen LogP contribution is 2.20. The van der Waals surface area contributed by atoms with Gasteiger partial charge >= 0.3 is 0 Å². The zero-order valence-corrected chi connectivity index (χ0v) is 22.7. The lowest BCUT2D eigenvalue weighted by atomic mass is 10.0. The molecule has 0 heterocycles. The van der Waals surface area contributed by atoms with Crippen LogP contribution in [0.5, 0.6) is 0 Å². The summed E-state index contributed by atoms with van der Waals surface area (Å²) in [6.45, 7) is 3.86. The summed E-state index contributed by atoms with van der Waals surface area (Å²) in [5, 5.41) is 2.92. The zero-order valence-electron chi connectivity index (χ0n) is 21.9. The molecule has 1 atom stereocenters. The van der Waals surface area contributed by atoms with Crippen LogP contribution in [0.25, 0.3) is 0 Å². The molecule has 38 heavy (non-hydrogen) atoms. The molecule has 0 spiro atoms. The van der Waals surface area contributed by atoms with E-state index in [2.05, 4.69) is 5.32 Å². The van der Waals surface area contributed by atoms with Gasteiger partial charge in [-0.2, -0.15) is 0 Å². The molecule has 0 aliphatic heterocycles. The van der Waals surface area contributed by atoms with E-state index in [1.807, 2.05) is 44.2 Å². The summed E-state index contributed by atoms with van der Waals surface area (Å²) >= 11 is 0. The molecule has 0 aliphatic rings. The molecular weight excluding hydrogens is 505 g/mol. The summed E-state index contributed by atoms with van der Waals surface area (Å²) in [5.74, 6) is -1.13. The Bertz CT molecular complexity index is 1300. The number of carbonyl (C=O) groups is 2. The van der Waals surface area contributed by atoms with Gasteiger partial charge in [-0.1, -0.05) is 74.5 Å². The number of halogens is 1. The van der Waals surface area contributed by atoms with E-state index < -0.39 is 34.3 Å². The van der Waals surface area contributed by atoms with E-state index in [9.17, 15) is 22.4 Å². The minimum absolute atomic E-state index is 0.00188. The molecule has 0 bridgehead atoms. The van der Waals surface area contributed by atoms with Gasteiger partial charge in [0.1, 0.15) is 18.4 Å². The lowest BCUT2D eigenvalue weighted by Crippen LogP contribution is -2.53. The Morgan fingerprint density at radius 2 is 1.45 bits per heavy atom. The van der Waals surface area contributed by atoms with Crippen molar-refractivity contribution in [2.24, 2.45) is 5.92 Å². The lowest BCUT2D eigenvalue weighted by molar-refractivity contribution is -0.140. The molecular formula is C29H34FN3O4S. The van der Waals surface area contributed by atoms with Gasteiger partial charge < -0.3 is 10.2 Å². The van der Waals surface area contributed by atoms with Crippen LogP contribution in [-0.4, -0.2) is 50.5 Å². The van der Waals surface area contributed by atoms with Crippen LogP contribution in [0, 0.1) is 11.7 Å². The fraction of sp³-hybridized carbons (Fsp3) is 0.310. The minimum Gasteiger partial charge on any atom is -0.354 e. The van der Waals surface area contributed by atoms with Gasteiger partial charge in [0, 0.05) is 19.5 Å². The standard InChI is InChI=1S/C29H34FN3O4S/c1-22(2)19-31-29(35)27(18-23-10-6-4-7-11-23)32(20-24-14-16-25(30)17-15-24)28(34)21-33(38(3,36)37)26-12-8-5-9-13-26/h4-17,22,27H,18-21H2,1-3H3,(H,31,35)/t27-/m0/s1. The summed E-state index contributed by atoms with van der Waals surface area (Å²) in [4.78, 5) is 28.8. The third-order valence-corrected chi connectivity index (χ3v) is 7.09. The number of nitrogens with one attached hydrogen (secondary N) is 1. The number of hydrogen-bond acceptors (Lipinski definition) is 4. The number of sulfonamides is 1. The van der Waals surface area contributed by atoms with Crippen LogP contribution >= 0.6 is 0 Å². The highest BCUT2D eigenvalue weighted by atomic mass is 32.2. The zero-order chi connectivity index (χ0) is 27.7. The van der Waals surface area contributed by atoms with Crippen molar-refractivity contribution >= 4 is 27.5 Å². The van der Waals surface area contributed by atoms with Gasteiger partial charge in [-0.25, -0.2) is 12.8 Å². The van der Waals surface area contributed by atoms with Gasteiger partial charge in [0.05, 0.1) is 11.9 Å². The molecule has 0 unspecified atom stereocenters. The predicted molar refractivity (Wildman–Crippen MR) is 147 cm³/mol. The van der Waals surface area contributed by atoms with E-state index in [0.717, 1.165) is 16.1 Å². The van der Waals surface area contributed by atoms with E-state index in [1.165, 1.54) is 17.0 Å². The maximum atomic E-state index is 13.9. The van der Waals surface area contributed by atoms with Gasteiger partial charge in [0.15, 0.2) is 0 Å². The third kappa shape index (κ3) is 8.41. The Hall–Kier alpha value is -3.72. The number of anilines is 1. The molecule has 0 saturated heterocycles. The molecule has 3 aromatic carbocycles. The first-order valence-corrected chi connectivity index (χ1v) is 14.3. The number of para-hydroxylation sites is 1. The Morgan fingerprint density at radius 3 is 2.00 bits per heavy atom. The molecule has 1 N–H and O–H groups in total. The largest absolute Gasteiger partial charge is 0.354 e. The first-order chi connectivity index (χ1) is 18.0. The summed E-state index contributed by atoms with van der Waals surface area (Å²) in [6, 6.07) is 22.4. The molecule has 202 valence electrons. The number of benzene rings is 3. The number of rotatable bonds is 12. The van der Waals surface area contributed by atoms with Gasteiger partial charge in [0.25, 0.3) is 0 Å². The Kier molecular flexibility index (Phi) is 10.0. The van der Waals surface area contributed by atoms with Crippen molar-refractivity contribution in [3.8, 4) is 0 Å². The Morgan fingerprint density at radius 1 is 0.868 bits per heavy atom. The molecule has 3 aromatic rings. The number of nitrogens with zero attached hydrogens (tertiary/aromatic N) is 2. The molecule has 0 aromatic heterocycles. The van der Waals surface area contributed by atoms with E-state index in [-0.39, 0.29) is 24.8 Å². The van der Waals surface area contributed by atoms with Crippen LogP contribution in [0.3, 0.4) is 0 Å². The SMILES string of the molecule is CC(C)CNC(=O)[C@H](Cc1ccccc1)N(Cc1ccc(F)cc1)C(=O)CN(c1ccccc1)S(C)(=O)=O. The second kappa shape index (κ2) is 13.2. The van der Waals surface area contributed by atoms with Crippen molar-refractivity contribution in [3.05, 3.63) is 102 Å².